The van der Waals surface area contributed by atoms with Crippen LogP contribution < -0.4 is 0 Å². The Bertz CT molecular complexity index is 801. The molecule has 0 spiro atoms. The van der Waals surface area contributed by atoms with Gasteiger partial charge < -0.3 is 9.80 Å². The van der Waals surface area contributed by atoms with Gasteiger partial charge in [0.05, 0.1) is 11.1 Å². The number of aromatic nitrogens is 1. The predicted molar refractivity (Wildman–Crippen MR) is 87.5 cm³/mol. The first-order valence-electron chi connectivity index (χ1n) is 8.03. The molecule has 2 amide bonds. The average Bonchev–Trinajstić information content (AvgIpc) is 2.67. The molecule has 1 aliphatic rings. The number of carbonyl (C=O) groups is 2. The normalized spacial score (nSPS) is 15.0. The summed E-state index contributed by atoms with van der Waals surface area (Å²) >= 11 is 0. The molecule has 0 radical (unpaired) electrons. The molecular formula is C18H16F3N3O2. The topological polar surface area (TPSA) is 53.5 Å². The third-order valence-corrected chi connectivity index (χ3v) is 4.24. The van der Waals surface area contributed by atoms with Crippen molar-refractivity contribution in [3.05, 3.63) is 65.5 Å². The van der Waals surface area contributed by atoms with Crippen molar-refractivity contribution < 1.29 is 22.8 Å². The standard InChI is InChI=1S/C18H16F3N3O2/c19-18(20,21)15-4-2-1-3-14(15)17(26)24-11-9-23(10-12-24)16(25)13-5-7-22-8-6-13/h1-8H,9-12H2. The van der Waals surface area contributed by atoms with Crippen molar-refractivity contribution in [2.45, 2.75) is 6.18 Å². The van der Waals surface area contributed by atoms with Gasteiger partial charge in [-0.25, -0.2) is 0 Å². The van der Waals surface area contributed by atoms with Crippen LogP contribution in [0.4, 0.5) is 13.2 Å². The molecular weight excluding hydrogens is 347 g/mol. The Morgan fingerprint density at radius 2 is 1.38 bits per heavy atom. The molecule has 0 N–H and O–H groups in total. The van der Waals surface area contributed by atoms with Crippen LogP contribution in [0.25, 0.3) is 0 Å². The van der Waals surface area contributed by atoms with Gasteiger partial charge in [-0.3, -0.25) is 14.6 Å². The summed E-state index contributed by atoms with van der Waals surface area (Å²) in [6, 6.07) is 7.94. The lowest BCUT2D eigenvalue weighted by Gasteiger charge is -2.35. The molecule has 26 heavy (non-hydrogen) atoms. The minimum atomic E-state index is -4.59. The molecule has 1 aromatic carbocycles. The van der Waals surface area contributed by atoms with Crippen molar-refractivity contribution in [1.29, 1.82) is 0 Å². The van der Waals surface area contributed by atoms with Gasteiger partial charge in [-0.15, -0.1) is 0 Å². The number of piperazine rings is 1. The number of nitrogens with zero attached hydrogens (tertiary/aromatic N) is 3. The zero-order chi connectivity index (χ0) is 18.7. The van der Waals surface area contributed by atoms with Gasteiger partial charge in [-0.05, 0) is 24.3 Å². The number of pyridine rings is 1. The summed E-state index contributed by atoms with van der Waals surface area (Å²) in [5.74, 6) is -0.857. The third kappa shape index (κ3) is 3.68. The van der Waals surface area contributed by atoms with E-state index in [-0.39, 0.29) is 37.6 Å². The summed E-state index contributed by atoms with van der Waals surface area (Å²) in [5.41, 5.74) is -0.823. The Morgan fingerprint density at radius 3 is 1.96 bits per heavy atom. The fraction of sp³-hybridized carbons (Fsp3) is 0.278. The minimum absolute atomic E-state index is 0.182. The van der Waals surface area contributed by atoms with Gasteiger partial charge in [0.2, 0.25) is 0 Å². The van der Waals surface area contributed by atoms with E-state index < -0.39 is 17.6 Å². The maximum atomic E-state index is 13.1. The van der Waals surface area contributed by atoms with Crippen LogP contribution in [-0.2, 0) is 6.18 Å². The molecule has 5 nitrogen and oxygen atoms in total. The van der Waals surface area contributed by atoms with Crippen molar-refractivity contribution in [2.75, 3.05) is 26.2 Å². The van der Waals surface area contributed by atoms with Gasteiger partial charge in [0, 0.05) is 44.1 Å². The highest BCUT2D eigenvalue weighted by molar-refractivity contribution is 5.97. The fourth-order valence-corrected chi connectivity index (χ4v) is 2.88. The van der Waals surface area contributed by atoms with Gasteiger partial charge in [-0.2, -0.15) is 13.2 Å². The summed E-state index contributed by atoms with van der Waals surface area (Å²) in [5, 5.41) is 0. The highest BCUT2D eigenvalue weighted by Crippen LogP contribution is 2.32. The Morgan fingerprint density at radius 1 is 0.846 bits per heavy atom. The van der Waals surface area contributed by atoms with Crippen LogP contribution in [0, 0.1) is 0 Å². The summed E-state index contributed by atoms with van der Waals surface area (Å²) in [4.78, 5) is 31.7. The van der Waals surface area contributed by atoms with Crippen LogP contribution >= 0.6 is 0 Å². The van der Waals surface area contributed by atoms with E-state index in [0.717, 1.165) is 6.07 Å². The van der Waals surface area contributed by atoms with Crippen molar-refractivity contribution >= 4 is 11.8 Å². The monoisotopic (exact) mass is 363 g/mol. The summed E-state index contributed by atoms with van der Waals surface area (Å²) < 4.78 is 39.3. The molecule has 2 heterocycles. The number of carbonyl (C=O) groups excluding carboxylic acids is 2. The van der Waals surface area contributed by atoms with Crippen molar-refractivity contribution in [2.24, 2.45) is 0 Å². The zero-order valence-corrected chi connectivity index (χ0v) is 13.7. The molecule has 0 bridgehead atoms. The maximum absolute atomic E-state index is 13.1. The number of hydrogen-bond donors (Lipinski definition) is 0. The lowest BCUT2D eigenvalue weighted by Crippen LogP contribution is -2.50. The molecule has 1 aromatic heterocycles. The van der Waals surface area contributed by atoms with Gasteiger partial charge >= 0.3 is 6.18 Å². The smallest absolute Gasteiger partial charge is 0.335 e. The molecule has 2 aromatic rings. The van der Waals surface area contributed by atoms with E-state index in [0.29, 0.717) is 5.56 Å². The van der Waals surface area contributed by atoms with E-state index in [1.165, 1.54) is 35.5 Å². The van der Waals surface area contributed by atoms with Crippen molar-refractivity contribution in [1.82, 2.24) is 14.8 Å². The SMILES string of the molecule is O=C(c1ccncc1)N1CCN(C(=O)c2ccccc2C(F)(F)F)CC1. The molecule has 1 fully saturated rings. The lowest BCUT2D eigenvalue weighted by atomic mass is 10.1. The fourth-order valence-electron chi connectivity index (χ4n) is 2.88. The minimum Gasteiger partial charge on any atom is -0.335 e. The summed E-state index contributed by atoms with van der Waals surface area (Å²) in [6.07, 6.45) is -1.56. The Kier molecular flexibility index (Phi) is 4.92. The third-order valence-electron chi connectivity index (χ3n) is 4.24. The van der Waals surface area contributed by atoms with Gasteiger partial charge in [0.25, 0.3) is 11.8 Å². The van der Waals surface area contributed by atoms with Crippen LogP contribution in [0.5, 0.6) is 0 Å². The van der Waals surface area contributed by atoms with E-state index in [1.54, 1.807) is 17.0 Å². The van der Waals surface area contributed by atoms with Crippen LogP contribution in [0.3, 0.4) is 0 Å². The second kappa shape index (κ2) is 7.15. The van der Waals surface area contributed by atoms with E-state index in [4.69, 9.17) is 0 Å². The van der Waals surface area contributed by atoms with Gasteiger partial charge in [-0.1, -0.05) is 12.1 Å². The van der Waals surface area contributed by atoms with Crippen LogP contribution in [0.1, 0.15) is 26.3 Å². The molecule has 8 heteroatoms. The molecule has 1 saturated heterocycles. The molecule has 0 aliphatic carbocycles. The predicted octanol–water partition coefficient (Wildman–Crippen LogP) is 2.70. The number of benzene rings is 1. The highest BCUT2D eigenvalue weighted by Gasteiger charge is 2.36. The van der Waals surface area contributed by atoms with Crippen molar-refractivity contribution in [3.63, 3.8) is 0 Å². The molecule has 0 unspecified atom stereocenters. The maximum Gasteiger partial charge on any atom is 0.417 e. The quantitative estimate of drug-likeness (QED) is 0.824. The van der Waals surface area contributed by atoms with Crippen LogP contribution in [-0.4, -0.2) is 52.8 Å². The second-order valence-electron chi connectivity index (χ2n) is 5.86. The summed E-state index contributed by atoms with van der Waals surface area (Å²) in [6.45, 7) is 0.895. The van der Waals surface area contributed by atoms with E-state index in [2.05, 4.69) is 4.98 Å². The van der Waals surface area contributed by atoms with Crippen LogP contribution in [0.2, 0.25) is 0 Å². The number of rotatable bonds is 2. The number of halogens is 3. The number of amides is 2. The first-order valence-corrected chi connectivity index (χ1v) is 8.03. The highest BCUT2D eigenvalue weighted by atomic mass is 19.4. The zero-order valence-electron chi connectivity index (χ0n) is 13.7. The molecule has 3 rings (SSSR count). The van der Waals surface area contributed by atoms with Gasteiger partial charge in [0.15, 0.2) is 0 Å². The van der Waals surface area contributed by atoms with E-state index in [1.807, 2.05) is 0 Å². The first-order chi connectivity index (χ1) is 12.4. The Balaban J connectivity index is 1.69. The Labute approximate surface area is 148 Å². The molecule has 0 atom stereocenters. The van der Waals surface area contributed by atoms with Crippen LogP contribution in [0.15, 0.2) is 48.8 Å². The molecule has 1 aliphatic heterocycles. The Hall–Kier alpha value is -2.90. The average molecular weight is 363 g/mol. The van der Waals surface area contributed by atoms with E-state index in [9.17, 15) is 22.8 Å². The first kappa shape index (κ1) is 17.9. The summed E-state index contributed by atoms with van der Waals surface area (Å²) in [7, 11) is 0. The number of hydrogen-bond acceptors (Lipinski definition) is 3. The van der Waals surface area contributed by atoms with Gasteiger partial charge in [0.1, 0.15) is 0 Å². The largest absolute Gasteiger partial charge is 0.417 e. The second-order valence-corrected chi connectivity index (χ2v) is 5.86. The molecule has 0 saturated carbocycles. The molecule has 136 valence electrons. The lowest BCUT2D eigenvalue weighted by molar-refractivity contribution is -0.138. The van der Waals surface area contributed by atoms with Crippen molar-refractivity contribution in [3.8, 4) is 0 Å². The van der Waals surface area contributed by atoms with E-state index >= 15 is 0 Å². The number of alkyl halides is 3.